The molecule has 0 nitrogen and oxygen atoms in total. The Kier molecular flexibility index (Phi) is 4.23. The van der Waals surface area contributed by atoms with Gasteiger partial charge in [0.25, 0.3) is 0 Å². The summed E-state index contributed by atoms with van der Waals surface area (Å²) >= 11 is 13.2. The molecule has 1 atom stereocenters. The summed E-state index contributed by atoms with van der Waals surface area (Å²) < 4.78 is 14.7. The van der Waals surface area contributed by atoms with E-state index in [1.54, 1.807) is 12.1 Å². The zero-order valence-electron chi connectivity index (χ0n) is 8.63. The van der Waals surface area contributed by atoms with Gasteiger partial charge in [0.1, 0.15) is 5.82 Å². The molecule has 0 bridgehead atoms. The first-order chi connectivity index (χ1) is 8.06. The second-order valence-electron chi connectivity index (χ2n) is 3.62. The third-order valence-corrected chi connectivity index (χ3v) is 3.76. The standard InChI is InChI=1S/C13H8Br2ClF/c14-10-5-9(6-11(15)7-10)13(16)8-1-3-12(17)4-2-8/h1-7,13H. The summed E-state index contributed by atoms with van der Waals surface area (Å²) in [6.45, 7) is 0. The van der Waals surface area contributed by atoms with Gasteiger partial charge in [-0.2, -0.15) is 0 Å². The molecule has 0 spiro atoms. The van der Waals surface area contributed by atoms with E-state index in [9.17, 15) is 4.39 Å². The van der Waals surface area contributed by atoms with Crippen LogP contribution in [-0.2, 0) is 0 Å². The molecule has 0 N–H and O–H groups in total. The van der Waals surface area contributed by atoms with Crippen molar-refractivity contribution < 1.29 is 4.39 Å². The van der Waals surface area contributed by atoms with Crippen LogP contribution in [0.5, 0.6) is 0 Å². The monoisotopic (exact) mass is 376 g/mol. The summed E-state index contributed by atoms with van der Waals surface area (Å²) in [7, 11) is 0. The Hall–Kier alpha value is -0.380. The third-order valence-electron chi connectivity index (χ3n) is 2.34. The van der Waals surface area contributed by atoms with Crippen molar-refractivity contribution in [2.75, 3.05) is 0 Å². The lowest BCUT2D eigenvalue weighted by atomic mass is 10.0. The fourth-order valence-electron chi connectivity index (χ4n) is 1.55. The van der Waals surface area contributed by atoms with E-state index in [0.717, 1.165) is 20.1 Å². The first-order valence-electron chi connectivity index (χ1n) is 4.92. The average Bonchev–Trinajstić information content (AvgIpc) is 2.28. The Bertz CT molecular complexity index is 505. The highest BCUT2D eigenvalue weighted by molar-refractivity contribution is 9.11. The van der Waals surface area contributed by atoms with Crippen molar-refractivity contribution >= 4 is 43.5 Å². The molecule has 0 heterocycles. The SMILES string of the molecule is Fc1ccc(C(Cl)c2cc(Br)cc(Br)c2)cc1. The van der Waals surface area contributed by atoms with Crippen molar-refractivity contribution in [1.29, 1.82) is 0 Å². The molecule has 88 valence electrons. The molecule has 2 aromatic carbocycles. The number of hydrogen-bond acceptors (Lipinski definition) is 0. The predicted molar refractivity (Wildman–Crippen MR) is 75.9 cm³/mol. The summed E-state index contributed by atoms with van der Waals surface area (Å²) in [4.78, 5) is 0. The van der Waals surface area contributed by atoms with E-state index in [2.05, 4.69) is 31.9 Å². The number of halogens is 4. The Morgan fingerprint density at radius 2 is 1.41 bits per heavy atom. The molecule has 0 radical (unpaired) electrons. The zero-order valence-corrected chi connectivity index (χ0v) is 12.6. The normalized spacial score (nSPS) is 12.5. The van der Waals surface area contributed by atoms with Gasteiger partial charge in [-0.15, -0.1) is 11.6 Å². The fraction of sp³-hybridized carbons (Fsp3) is 0.0769. The van der Waals surface area contributed by atoms with E-state index >= 15 is 0 Å². The Balaban J connectivity index is 2.36. The van der Waals surface area contributed by atoms with Crippen molar-refractivity contribution in [2.24, 2.45) is 0 Å². The second kappa shape index (κ2) is 5.51. The van der Waals surface area contributed by atoms with Crippen LogP contribution < -0.4 is 0 Å². The van der Waals surface area contributed by atoms with E-state index in [1.165, 1.54) is 12.1 Å². The van der Waals surface area contributed by atoms with Crippen LogP contribution in [0, 0.1) is 5.82 Å². The van der Waals surface area contributed by atoms with Gasteiger partial charge in [-0.1, -0.05) is 44.0 Å². The molecule has 0 aromatic heterocycles. The van der Waals surface area contributed by atoms with Crippen LogP contribution in [0.15, 0.2) is 51.4 Å². The zero-order chi connectivity index (χ0) is 12.4. The lowest BCUT2D eigenvalue weighted by Gasteiger charge is -2.11. The maximum Gasteiger partial charge on any atom is 0.123 e. The van der Waals surface area contributed by atoms with Crippen LogP contribution in [0.3, 0.4) is 0 Å². The first kappa shape index (κ1) is 13.1. The Morgan fingerprint density at radius 3 is 1.94 bits per heavy atom. The van der Waals surface area contributed by atoms with E-state index in [-0.39, 0.29) is 11.2 Å². The molecule has 0 amide bonds. The van der Waals surface area contributed by atoms with Gasteiger partial charge in [0.15, 0.2) is 0 Å². The highest BCUT2D eigenvalue weighted by Gasteiger charge is 2.12. The molecule has 17 heavy (non-hydrogen) atoms. The minimum absolute atomic E-state index is 0.256. The second-order valence-corrected chi connectivity index (χ2v) is 5.88. The molecule has 0 saturated carbocycles. The lowest BCUT2D eigenvalue weighted by molar-refractivity contribution is 0.627. The highest BCUT2D eigenvalue weighted by Crippen LogP contribution is 2.32. The Morgan fingerprint density at radius 1 is 0.882 bits per heavy atom. The van der Waals surface area contributed by atoms with Gasteiger partial charge in [-0.05, 0) is 41.5 Å². The van der Waals surface area contributed by atoms with E-state index in [4.69, 9.17) is 11.6 Å². The Labute approximate surface area is 121 Å². The van der Waals surface area contributed by atoms with E-state index in [0.29, 0.717) is 0 Å². The molecule has 1 unspecified atom stereocenters. The van der Waals surface area contributed by atoms with Gasteiger partial charge in [0.05, 0.1) is 5.38 Å². The van der Waals surface area contributed by atoms with Gasteiger partial charge < -0.3 is 0 Å². The number of alkyl halides is 1. The van der Waals surface area contributed by atoms with Crippen molar-refractivity contribution in [3.8, 4) is 0 Å². The van der Waals surface area contributed by atoms with Gasteiger partial charge in [0.2, 0.25) is 0 Å². The van der Waals surface area contributed by atoms with Crippen LogP contribution in [0.2, 0.25) is 0 Å². The lowest BCUT2D eigenvalue weighted by Crippen LogP contribution is -1.93. The summed E-state index contributed by atoms with van der Waals surface area (Å²) in [5.41, 5.74) is 1.83. The molecule has 0 aliphatic rings. The van der Waals surface area contributed by atoms with E-state index < -0.39 is 0 Å². The molecular formula is C13H8Br2ClF. The van der Waals surface area contributed by atoms with Crippen LogP contribution in [0.25, 0.3) is 0 Å². The minimum Gasteiger partial charge on any atom is -0.207 e. The van der Waals surface area contributed by atoms with Gasteiger partial charge in [-0.3, -0.25) is 0 Å². The van der Waals surface area contributed by atoms with Crippen LogP contribution in [0.1, 0.15) is 16.5 Å². The molecule has 0 aliphatic heterocycles. The quantitative estimate of drug-likeness (QED) is 0.590. The third kappa shape index (κ3) is 3.30. The topological polar surface area (TPSA) is 0 Å². The average molecular weight is 378 g/mol. The molecule has 0 aliphatic carbocycles. The van der Waals surface area contributed by atoms with Crippen molar-refractivity contribution in [3.63, 3.8) is 0 Å². The molecule has 0 saturated heterocycles. The minimum atomic E-state index is -0.288. The van der Waals surface area contributed by atoms with Gasteiger partial charge >= 0.3 is 0 Å². The molecule has 2 aromatic rings. The van der Waals surface area contributed by atoms with Crippen LogP contribution >= 0.6 is 43.5 Å². The van der Waals surface area contributed by atoms with Crippen LogP contribution in [-0.4, -0.2) is 0 Å². The smallest absolute Gasteiger partial charge is 0.123 e. The number of benzene rings is 2. The maximum atomic E-state index is 12.8. The summed E-state index contributed by atoms with van der Waals surface area (Å²) in [6, 6.07) is 12.1. The molecular weight excluding hydrogens is 370 g/mol. The summed E-state index contributed by atoms with van der Waals surface area (Å²) in [5.74, 6) is -0.256. The first-order valence-corrected chi connectivity index (χ1v) is 6.94. The number of rotatable bonds is 2. The van der Waals surface area contributed by atoms with Crippen molar-refractivity contribution in [3.05, 3.63) is 68.4 Å². The van der Waals surface area contributed by atoms with Gasteiger partial charge in [-0.25, -0.2) is 4.39 Å². The van der Waals surface area contributed by atoms with Crippen molar-refractivity contribution in [2.45, 2.75) is 5.38 Å². The maximum absolute atomic E-state index is 12.8. The highest BCUT2D eigenvalue weighted by atomic mass is 79.9. The van der Waals surface area contributed by atoms with E-state index in [1.807, 2.05) is 18.2 Å². The van der Waals surface area contributed by atoms with Gasteiger partial charge in [0, 0.05) is 8.95 Å². The van der Waals surface area contributed by atoms with Crippen LogP contribution in [0.4, 0.5) is 4.39 Å². The fourth-order valence-corrected chi connectivity index (χ4v) is 3.15. The summed E-state index contributed by atoms with van der Waals surface area (Å²) in [5, 5.41) is -0.288. The molecule has 4 heteroatoms. The number of hydrogen-bond donors (Lipinski definition) is 0. The summed E-state index contributed by atoms with van der Waals surface area (Å²) in [6.07, 6.45) is 0. The molecule has 0 fully saturated rings. The van der Waals surface area contributed by atoms with Crippen molar-refractivity contribution in [1.82, 2.24) is 0 Å². The predicted octanol–water partition coefficient (Wildman–Crippen LogP) is 5.68. The largest absolute Gasteiger partial charge is 0.207 e. The molecule has 2 rings (SSSR count).